The monoisotopic (exact) mass is 578 g/mol. The third-order valence-corrected chi connectivity index (χ3v) is 8.24. The summed E-state index contributed by atoms with van der Waals surface area (Å²) < 4.78 is 16.3. The van der Waals surface area contributed by atoms with Gasteiger partial charge in [0, 0.05) is 46.4 Å². The van der Waals surface area contributed by atoms with Gasteiger partial charge < -0.3 is 9.47 Å². The maximum Gasteiger partial charge on any atom is 0.141 e. The molecule has 6 nitrogen and oxygen atoms in total. The summed E-state index contributed by atoms with van der Waals surface area (Å²) in [5.41, 5.74) is 8.66. The summed E-state index contributed by atoms with van der Waals surface area (Å²) in [5, 5.41) is 7.25. The number of fused-ring (bicyclic) bond motifs is 3. The standard InChI is InChI=1S/C38H34N4O2/c1-24(2)28-19-29(42-26(4)38(25(3)40-42)27-11-7-6-8-12-27)21-32(20-28)44-31-15-16-34-33-13-9-10-14-35(33)41(36(34)22-31)37-23-30(43-5)17-18-39-37/h6-24H,1-5H3. The Kier molecular flexibility index (Phi) is 6.90. The lowest BCUT2D eigenvalue weighted by Crippen LogP contribution is -2.02. The first-order valence-electron chi connectivity index (χ1n) is 14.9. The van der Waals surface area contributed by atoms with Gasteiger partial charge in [0.1, 0.15) is 23.1 Å². The van der Waals surface area contributed by atoms with Crippen molar-refractivity contribution in [2.24, 2.45) is 0 Å². The summed E-state index contributed by atoms with van der Waals surface area (Å²) in [6.45, 7) is 8.60. The number of methoxy groups -OCH3 is 1. The molecule has 7 rings (SSSR count). The summed E-state index contributed by atoms with van der Waals surface area (Å²) in [4.78, 5) is 4.69. The van der Waals surface area contributed by atoms with Crippen LogP contribution in [0.1, 0.15) is 36.7 Å². The highest BCUT2D eigenvalue weighted by Crippen LogP contribution is 2.37. The van der Waals surface area contributed by atoms with Crippen LogP contribution in [0.2, 0.25) is 0 Å². The Labute approximate surface area is 257 Å². The van der Waals surface area contributed by atoms with Crippen LogP contribution < -0.4 is 9.47 Å². The first-order valence-corrected chi connectivity index (χ1v) is 14.9. The Balaban J connectivity index is 1.34. The number of rotatable bonds is 7. The largest absolute Gasteiger partial charge is 0.497 e. The first-order chi connectivity index (χ1) is 21.4. The van der Waals surface area contributed by atoms with Crippen molar-refractivity contribution in [3.8, 4) is 39.9 Å². The smallest absolute Gasteiger partial charge is 0.141 e. The van der Waals surface area contributed by atoms with Crippen molar-refractivity contribution in [3.63, 3.8) is 0 Å². The number of aryl methyl sites for hydroxylation is 1. The van der Waals surface area contributed by atoms with E-state index >= 15 is 0 Å². The molecule has 0 aliphatic rings. The zero-order chi connectivity index (χ0) is 30.4. The fraction of sp³-hybridized carbons (Fsp3) is 0.158. The predicted molar refractivity (Wildman–Crippen MR) is 178 cm³/mol. The second kappa shape index (κ2) is 11.0. The maximum atomic E-state index is 6.63. The van der Waals surface area contributed by atoms with Crippen molar-refractivity contribution in [2.75, 3.05) is 7.11 Å². The Bertz CT molecular complexity index is 2140. The lowest BCUT2D eigenvalue weighted by Gasteiger charge is -2.15. The van der Waals surface area contributed by atoms with E-state index in [1.807, 2.05) is 28.9 Å². The van der Waals surface area contributed by atoms with Gasteiger partial charge >= 0.3 is 0 Å². The van der Waals surface area contributed by atoms with E-state index < -0.39 is 0 Å². The minimum atomic E-state index is 0.312. The molecule has 0 aliphatic carbocycles. The van der Waals surface area contributed by atoms with Crippen molar-refractivity contribution < 1.29 is 9.47 Å². The van der Waals surface area contributed by atoms with Crippen molar-refractivity contribution >= 4 is 21.8 Å². The van der Waals surface area contributed by atoms with Crippen LogP contribution in [0.3, 0.4) is 0 Å². The molecule has 0 radical (unpaired) electrons. The van der Waals surface area contributed by atoms with E-state index in [2.05, 4.69) is 111 Å². The summed E-state index contributed by atoms with van der Waals surface area (Å²) >= 11 is 0. The van der Waals surface area contributed by atoms with E-state index in [-0.39, 0.29) is 0 Å². The van der Waals surface area contributed by atoms with Gasteiger partial charge in [-0.05, 0) is 67.3 Å². The van der Waals surface area contributed by atoms with Crippen molar-refractivity contribution in [1.82, 2.24) is 19.3 Å². The fourth-order valence-electron chi connectivity index (χ4n) is 6.08. The number of benzene rings is 4. The van der Waals surface area contributed by atoms with Gasteiger partial charge in [-0.15, -0.1) is 0 Å². The molecular formula is C38H34N4O2. The molecule has 0 saturated carbocycles. The second-order valence-corrected chi connectivity index (χ2v) is 11.4. The van der Waals surface area contributed by atoms with Gasteiger partial charge in [0.15, 0.2) is 0 Å². The van der Waals surface area contributed by atoms with Crippen LogP contribution in [-0.4, -0.2) is 26.4 Å². The van der Waals surface area contributed by atoms with Crippen LogP contribution in [0, 0.1) is 13.8 Å². The van der Waals surface area contributed by atoms with E-state index in [0.29, 0.717) is 5.92 Å². The number of aromatic nitrogens is 4. The second-order valence-electron chi connectivity index (χ2n) is 11.4. The molecule has 218 valence electrons. The van der Waals surface area contributed by atoms with Gasteiger partial charge in [0.05, 0.1) is 29.5 Å². The molecule has 6 heteroatoms. The van der Waals surface area contributed by atoms with Crippen molar-refractivity contribution in [2.45, 2.75) is 33.6 Å². The Morgan fingerprint density at radius 2 is 1.48 bits per heavy atom. The highest BCUT2D eigenvalue weighted by molar-refractivity contribution is 6.09. The molecule has 0 unspecified atom stereocenters. The lowest BCUT2D eigenvalue weighted by atomic mass is 10.0. The number of hydrogen-bond acceptors (Lipinski definition) is 4. The zero-order valence-electron chi connectivity index (χ0n) is 25.6. The number of para-hydroxylation sites is 1. The molecule has 44 heavy (non-hydrogen) atoms. The third-order valence-electron chi connectivity index (χ3n) is 8.24. The van der Waals surface area contributed by atoms with Gasteiger partial charge in [-0.1, -0.05) is 62.4 Å². The summed E-state index contributed by atoms with van der Waals surface area (Å²) in [5.74, 6) is 3.37. The Morgan fingerprint density at radius 1 is 0.705 bits per heavy atom. The molecule has 0 saturated heterocycles. The summed E-state index contributed by atoms with van der Waals surface area (Å²) in [6.07, 6.45) is 1.77. The minimum absolute atomic E-state index is 0.312. The average Bonchev–Trinajstić information content (AvgIpc) is 3.53. The van der Waals surface area contributed by atoms with Gasteiger partial charge in [-0.2, -0.15) is 5.10 Å². The number of hydrogen-bond donors (Lipinski definition) is 0. The Morgan fingerprint density at radius 3 is 2.27 bits per heavy atom. The van der Waals surface area contributed by atoms with Crippen LogP contribution in [-0.2, 0) is 0 Å². The minimum Gasteiger partial charge on any atom is -0.497 e. The normalized spacial score (nSPS) is 11.5. The van der Waals surface area contributed by atoms with Gasteiger partial charge in [0.2, 0.25) is 0 Å². The molecular weight excluding hydrogens is 544 g/mol. The van der Waals surface area contributed by atoms with Crippen LogP contribution in [0.4, 0.5) is 0 Å². The quantitative estimate of drug-likeness (QED) is 0.189. The van der Waals surface area contributed by atoms with E-state index in [1.54, 1.807) is 13.3 Å². The topological polar surface area (TPSA) is 54.1 Å². The van der Waals surface area contributed by atoms with Crippen LogP contribution in [0.15, 0.2) is 109 Å². The highest BCUT2D eigenvalue weighted by Gasteiger charge is 2.18. The molecule has 3 heterocycles. The van der Waals surface area contributed by atoms with E-state index in [9.17, 15) is 0 Å². The van der Waals surface area contributed by atoms with Crippen LogP contribution in [0.5, 0.6) is 17.2 Å². The molecule has 4 aromatic carbocycles. The van der Waals surface area contributed by atoms with Crippen LogP contribution >= 0.6 is 0 Å². The molecule has 0 N–H and O–H groups in total. The molecule has 3 aromatic heterocycles. The van der Waals surface area contributed by atoms with Gasteiger partial charge in [-0.3, -0.25) is 4.57 Å². The molecule has 0 bridgehead atoms. The Hall–Kier alpha value is -5.36. The summed E-state index contributed by atoms with van der Waals surface area (Å²) in [6, 6.07) is 35.3. The third kappa shape index (κ3) is 4.78. The average molecular weight is 579 g/mol. The molecule has 0 spiro atoms. The van der Waals surface area contributed by atoms with Crippen molar-refractivity contribution in [1.29, 1.82) is 0 Å². The molecule has 0 fully saturated rings. The predicted octanol–water partition coefficient (Wildman–Crippen LogP) is 9.57. The van der Waals surface area contributed by atoms with Gasteiger partial charge in [0.25, 0.3) is 0 Å². The lowest BCUT2D eigenvalue weighted by molar-refractivity contribution is 0.414. The molecule has 0 aliphatic heterocycles. The first kappa shape index (κ1) is 27.5. The van der Waals surface area contributed by atoms with E-state index in [0.717, 1.165) is 67.5 Å². The number of pyridine rings is 1. The number of nitrogens with zero attached hydrogens (tertiary/aromatic N) is 4. The molecule has 7 aromatic rings. The summed E-state index contributed by atoms with van der Waals surface area (Å²) in [7, 11) is 1.67. The molecule has 0 atom stereocenters. The SMILES string of the molecule is COc1ccnc(-n2c3ccccc3c3ccc(Oc4cc(C(C)C)cc(-n5nc(C)c(-c6ccccc6)c5C)c4)cc32)c1. The maximum absolute atomic E-state index is 6.63. The van der Waals surface area contributed by atoms with Crippen molar-refractivity contribution in [3.05, 3.63) is 126 Å². The fourth-order valence-corrected chi connectivity index (χ4v) is 6.08. The highest BCUT2D eigenvalue weighted by atomic mass is 16.5. The van der Waals surface area contributed by atoms with E-state index in [1.165, 1.54) is 11.1 Å². The molecule has 0 amide bonds. The zero-order valence-corrected chi connectivity index (χ0v) is 25.6. The van der Waals surface area contributed by atoms with E-state index in [4.69, 9.17) is 19.6 Å². The number of ether oxygens (including phenoxy) is 2. The van der Waals surface area contributed by atoms with Gasteiger partial charge in [-0.25, -0.2) is 9.67 Å². The van der Waals surface area contributed by atoms with Crippen LogP contribution in [0.25, 0.3) is 44.4 Å².